The summed E-state index contributed by atoms with van der Waals surface area (Å²) in [6.07, 6.45) is 0. The van der Waals surface area contributed by atoms with Crippen molar-refractivity contribution >= 4 is 38.4 Å². The third-order valence-corrected chi connectivity index (χ3v) is 5.22. The van der Waals surface area contributed by atoms with Gasteiger partial charge in [0.1, 0.15) is 9.71 Å². The number of nitrogens with zero attached hydrogens (tertiary/aromatic N) is 1. The molecule has 4 heteroatoms. The second kappa shape index (κ2) is 4.71. The minimum absolute atomic E-state index is 0.417. The Balaban J connectivity index is 2.22. The van der Waals surface area contributed by atoms with E-state index in [0.717, 1.165) is 32.4 Å². The lowest BCUT2D eigenvalue weighted by Gasteiger charge is -2.05. The van der Waals surface area contributed by atoms with Crippen LogP contribution in [-0.2, 0) is 0 Å². The summed E-state index contributed by atoms with van der Waals surface area (Å²) < 4.78 is 2.15. The number of hydrogen-bond acceptors (Lipinski definition) is 2. The number of aryl methyl sites for hydroxylation is 1. The fraction of sp³-hybridized carbons (Fsp3) is 0.0556. The van der Waals surface area contributed by atoms with E-state index in [9.17, 15) is 9.90 Å². The van der Waals surface area contributed by atoms with Crippen molar-refractivity contribution in [3.63, 3.8) is 0 Å². The van der Waals surface area contributed by atoms with Crippen LogP contribution >= 0.6 is 11.3 Å². The zero-order valence-electron chi connectivity index (χ0n) is 11.9. The lowest BCUT2D eigenvalue weighted by molar-refractivity contribution is 0.0701. The molecule has 4 rings (SSSR count). The van der Waals surface area contributed by atoms with E-state index in [0.29, 0.717) is 4.88 Å². The van der Waals surface area contributed by atoms with Crippen LogP contribution in [0.15, 0.2) is 54.6 Å². The van der Waals surface area contributed by atoms with Gasteiger partial charge in [-0.15, -0.1) is 11.3 Å². The molecule has 0 saturated heterocycles. The first-order valence-corrected chi connectivity index (χ1v) is 7.81. The Morgan fingerprint density at radius 2 is 1.73 bits per heavy atom. The summed E-state index contributed by atoms with van der Waals surface area (Å²) >= 11 is 1.34. The number of hydrogen-bond donors (Lipinski definition) is 1. The van der Waals surface area contributed by atoms with Crippen LogP contribution in [0.25, 0.3) is 26.8 Å². The van der Waals surface area contributed by atoms with E-state index in [4.69, 9.17) is 0 Å². The van der Waals surface area contributed by atoms with E-state index in [1.807, 2.05) is 49.4 Å². The number of para-hydroxylation sites is 2. The molecule has 2 aromatic heterocycles. The highest BCUT2D eigenvalue weighted by molar-refractivity contribution is 7.21. The van der Waals surface area contributed by atoms with Gasteiger partial charge in [0, 0.05) is 16.5 Å². The van der Waals surface area contributed by atoms with E-state index in [2.05, 4.69) is 16.7 Å². The first-order valence-electron chi connectivity index (χ1n) is 6.99. The fourth-order valence-electron chi connectivity index (χ4n) is 3.00. The van der Waals surface area contributed by atoms with Crippen LogP contribution in [0, 0.1) is 6.92 Å². The van der Waals surface area contributed by atoms with Crippen molar-refractivity contribution in [3.8, 4) is 5.69 Å². The van der Waals surface area contributed by atoms with Crippen LogP contribution < -0.4 is 0 Å². The zero-order chi connectivity index (χ0) is 15.3. The van der Waals surface area contributed by atoms with Crippen molar-refractivity contribution in [1.82, 2.24) is 4.57 Å². The van der Waals surface area contributed by atoms with Gasteiger partial charge in [0.15, 0.2) is 0 Å². The largest absolute Gasteiger partial charge is 0.477 e. The molecular weight excluding hydrogens is 294 g/mol. The van der Waals surface area contributed by atoms with Crippen LogP contribution in [0.1, 0.15) is 15.2 Å². The molecule has 0 unspecified atom stereocenters. The highest BCUT2D eigenvalue weighted by Crippen LogP contribution is 2.40. The first kappa shape index (κ1) is 13.1. The third kappa shape index (κ3) is 1.71. The Morgan fingerprint density at radius 3 is 2.45 bits per heavy atom. The van der Waals surface area contributed by atoms with Gasteiger partial charge in [-0.3, -0.25) is 0 Å². The summed E-state index contributed by atoms with van der Waals surface area (Å²) in [6.45, 7) is 1.89. The lowest BCUT2D eigenvalue weighted by Crippen LogP contribution is -1.94. The number of thiophene rings is 1. The van der Waals surface area contributed by atoms with Crippen molar-refractivity contribution in [2.45, 2.75) is 6.92 Å². The molecule has 0 bridgehead atoms. The van der Waals surface area contributed by atoms with Gasteiger partial charge in [0.25, 0.3) is 0 Å². The minimum atomic E-state index is -0.859. The predicted octanol–water partition coefficient (Wildman–Crippen LogP) is 4.85. The molecule has 0 aliphatic carbocycles. The molecule has 0 aliphatic heterocycles. The summed E-state index contributed by atoms with van der Waals surface area (Å²) in [5.74, 6) is -0.859. The summed E-state index contributed by atoms with van der Waals surface area (Å²) in [4.78, 5) is 12.9. The predicted molar refractivity (Wildman–Crippen MR) is 90.4 cm³/mol. The van der Waals surface area contributed by atoms with E-state index in [1.54, 1.807) is 0 Å². The summed E-state index contributed by atoms with van der Waals surface area (Å²) in [7, 11) is 0. The topological polar surface area (TPSA) is 42.2 Å². The molecule has 22 heavy (non-hydrogen) atoms. The van der Waals surface area contributed by atoms with Crippen molar-refractivity contribution in [2.24, 2.45) is 0 Å². The van der Waals surface area contributed by atoms with Crippen LogP contribution in [0.3, 0.4) is 0 Å². The van der Waals surface area contributed by atoms with E-state index in [-0.39, 0.29) is 0 Å². The molecule has 0 amide bonds. The molecule has 1 N–H and O–H groups in total. The van der Waals surface area contributed by atoms with Gasteiger partial charge in [0.2, 0.25) is 0 Å². The molecule has 0 aliphatic rings. The van der Waals surface area contributed by atoms with Gasteiger partial charge in [0.05, 0.1) is 5.52 Å². The Labute approximate surface area is 131 Å². The molecule has 2 heterocycles. The average molecular weight is 307 g/mol. The van der Waals surface area contributed by atoms with Gasteiger partial charge < -0.3 is 9.67 Å². The molecule has 0 atom stereocenters. The SMILES string of the molecule is Cc1c(C(=O)O)sc2c1c1ccccc1n2-c1ccccc1. The van der Waals surface area contributed by atoms with Gasteiger partial charge in [-0.25, -0.2) is 4.79 Å². The Morgan fingerprint density at radius 1 is 1.05 bits per heavy atom. The van der Waals surface area contributed by atoms with Crippen LogP contribution in [-0.4, -0.2) is 15.6 Å². The molecular formula is C18H13NO2S. The molecule has 0 spiro atoms. The maximum Gasteiger partial charge on any atom is 0.346 e. The van der Waals surface area contributed by atoms with Crippen molar-refractivity contribution in [2.75, 3.05) is 0 Å². The van der Waals surface area contributed by atoms with Crippen molar-refractivity contribution < 1.29 is 9.90 Å². The van der Waals surface area contributed by atoms with Crippen LogP contribution in [0.5, 0.6) is 0 Å². The second-order valence-electron chi connectivity index (χ2n) is 5.23. The quantitative estimate of drug-likeness (QED) is 0.575. The average Bonchev–Trinajstić information content (AvgIpc) is 3.03. The standard InChI is InChI=1S/C18H13NO2S/c1-11-15-13-9-5-6-10-14(13)19(12-7-3-2-4-8-12)17(15)22-16(11)18(20)21/h2-10H,1H3,(H,20,21). The van der Waals surface area contributed by atoms with Gasteiger partial charge in [-0.1, -0.05) is 36.4 Å². The summed E-state index contributed by atoms with van der Waals surface area (Å²) in [5, 5.41) is 11.6. The maximum atomic E-state index is 11.5. The van der Waals surface area contributed by atoms with E-state index >= 15 is 0 Å². The molecule has 0 fully saturated rings. The second-order valence-corrected chi connectivity index (χ2v) is 6.23. The number of benzene rings is 2. The first-order chi connectivity index (χ1) is 10.7. The van der Waals surface area contributed by atoms with Crippen molar-refractivity contribution in [1.29, 1.82) is 0 Å². The monoisotopic (exact) mass is 307 g/mol. The smallest absolute Gasteiger partial charge is 0.346 e. The van der Waals surface area contributed by atoms with E-state index in [1.165, 1.54) is 11.3 Å². The normalized spacial score (nSPS) is 11.3. The Bertz CT molecular complexity index is 1010. The molecule has 0 radical (unpaired) electrons. The number of aromatic nitrogens is 1. The number of aromatic carboxylic acids is 1. The van der Waals surface area contributed by atoms with Gasteiger partial charge in [-0.05, 0) is 30.7 Å². The molecule has 0 saturated carbocycles. The molecule has 4 aromatic rings. The Hall–Kier alpha value is -2.59. The van der Waals surface area contributed by atoms with E-state index < -0.39 is 5.97 Å². The third-order valence-electron chi connectivity index (χ3n) is 3.95. The molecule has 108 valence electrons. The fourth-order valence-corrected chi connectivity index (χ4v) is 4.20. The van der Waals surface area contributed by atoms with Gasteiger partial charge in [-0.2, -0.15) is 0 Å². The van der Waals surface area contributed by atoms with Crippen molar-refractivity contribution in [3.05, 3.63) is 65.0 Å². The highest BCUT2D eigenvalue weighted by atomic mass is 32.1. The van der Waals surface area contributed by atoms with Crippen LogP contribution in [0.4, 0.5) is 0 Å². The number of carboxylic acids is 1. The zero-order valence-corrected chi connectivity index (χ0v) is 12.7. The lowest BCUT2D eigenvalue weighted by atomic mass is 10.1. The number of rotatable bonds is 2. The van der Waals surface area contributed by atoms with Crippen LogP contribution in [0.2, 0.25) is 0 Å². The number of carbonyl (C=O) groups is 1. The Kier molecular flexibility index (Phi) is 2.81. The number of carboxylic acid groups (broad SMARTS) is 1. The highest BCUT2D eigenvalue weighted by Gasteiger charge is 2.21. The minimum Gasteiger partial charge on any atom is -0.477 e. The van der Waals surface area contributed by atoms with Gasteiger partial charge >= 0.3 is 5.97 Å². The summed E-state index contributed by atoms with van der Waals surface area (Å²) in [5.41, 5.74) is 3.00. The molecule has 2 aromatic carbocycles. The maximum absolute atomic E-state index is 11.5. The summed E-state index contributed by atoms with van der Waals surface area (Å²) in [6, 6.07) is 18.2. The number of fused-ring (bicyclic) bond motifs is 3. The molecule has 3 nitrogen and oxygen atoms in total.